The van der Waals surface area contributed by atoms with E-state index < -0.39 is 5.97 Å². The van der Waals surface area contributed by atoms with E-state index in [1.807, 2.05) is 32.9 Å². The molecule has 1 amide bonds. The van der Waals surface area contributed by atoms with Crippen LogP contribution in [0, 0.1) is 13.8 Å². The second kappa shape index (κ2) is 7.33. The molecule has 1 heterocycles. The van der Waals surface area contributed by atoms with Crippen molar-refractivity contribution in [2.75, 3.05) is 11.9 Å². The van der Waals surface area contributed by atoms with E-state index in [-0.39, 0.29) is 23.5 Å². The van der Waals surface area contributed by atoms with Gasteiger partial charge in [0.15, 0.2) is 6.61 Å². The molecule has 1 aliphatic rings. The number of anilines is 1. The fourth-order valence-corrected chi connectivity index (χ4v) is 3.59. The molecule has 0 fully saturated rings. The topological polar surface area (TPSA) is 72.5 Å². The van der Waals surface area contributed by atoms with Crippen molar-refractivity contribution in [3.05, 3.63) is 58.7 Å². The molecule has 1 atom stereocenters. The first-order chi connectivity index (χ1) is 12.3. The van der Waals surface area contributed by atoms with Gasteiger partial charge < -0.3 is 10.1 Å². The molecular weight excluding hydrogens is 350 g/mol. The number of rotatable bonds is 4. The lowest BCUT2D eigenvalue weighted by molar-refractivity contribution is -0.115. The monoisotopic (exact) mass is 369 g/mol. The van der Waals surface area contributed by atoms with Crippen LogP contribution in [-0.2, 0) is 9.53 Å². The number of benzene rings is 2. The predicted octanol–water partition coefficient (Wildman–Crippen LogP) is 3.78. The summed E-state index contributed by atoms with van der Waals surface area (Å²) in [6, 6.07) is 10.6. The second-order valence-electron chi connectivity index (χ2n) is 6.28. The molecule has 1 unspecified atom stereocenters. The predicted molar refractivity (Wildman–Crippen MR) is 101 cm³/mol. The van der Waals surface area contributed by atoms with Crippen molar-refractivity contribution in [3.8, 4) is 0 Å². The maximum absolute atomic E-state index is 12.3. The highest BCUT2D eigenvalue weighted by Crippen LogP contribution is 2.36. The number of nitrogens with one attached hydrogen (secondary N) is 1. The molecule has 0 aliphatic carbocycles. The summed E-state index contributed by atoms with van der Waals surface area (Å²) in [6.45, 7) is 5.25. The van der Waals surface area contributed by atoms with Crippen LogP contribution in [-0.4, -0.2) is 29.5 Å². The highest BCUT2D eigenvalue weighted by Gasteiger charge is 2.24. The van der Waals surface area contributed by atoms with E-state index in [1.165, 1.54) is 11.8 Å². The number of hydrogen-bond acceptors (Lipinski definition) is 5. The average molecular weight is 369 g/mol. The third-order valence-corrected chi connectivity index (χ3v) is 5.35. The van der Waals surface area contributed by atoms with Crippen LogP contribution >= 0.6 is 11.8 Å². The van der Waals surface area contributed by atoms with Crippen LogP contribution in [0.2, 0.25) is 0 Å². The Hall–Kier alpha value is -2.60. The number of aryl methyl sites for hydroxylation is 2. The summed E-state index contributed by atoms with van der Waals surface area (Å²) in [6.07, 6.45) is 0. The first-order valence-corrected chi connectivity index (χ1v) is 9.12. The molecule has 1 aliphatic heterocycles. The Kier molecular flexibility index (Phi) is 5.13. The van der Waals surface area contributed by atoms with E-state index in [0.717, 1.165) is 16.0 Å². The van der Waals surface area contributed by atoms with Crippen LogP contribution < -0.4 is 5.32 Å². The number of fused-ring (bicyclic) bond motifs is 1. The number of ether oxygens (including phenoxy) is 1. The van der Waals surface area contributed by atoms with E-state index in [2.05, 4.69) is 5.32 Å². The van der Waals surface area contributed by atoms with Crippen LogP contribution in [0.5, 0.6) is 0 Å². The number of amides is 1. The summed E-state index contributed by atoms with van der Waals surface area (Å²) < 4.78 is 5.17. The summed E-state index contributed by atoms with van der Waals surface area (Å²) in [5.41, 5.74) is 3.27. The van der Waals surface area contributed by atoms with Crippen molar-refractivity contribution in [2.24, 2.45) is 0 Å². The number of carbonyl (C=O) groups is 3. The number of esters is 1. The highest BCUT2D eigenvalue weighted by atomic mass is 32.2. The first-order valence-electron chi connectivity index (χ1n) is 8.24. The Morgan fingerprint density at radius 1 is 1.15 bits per heavy atom. The normalized spacial score (nSPS) is 15.8. The molecule has 0 aromatic heterocycles. The van der Waals surface area contributed by atoms with Gasteiger partial charge in [0.05, 0.1) is 16.5 Å². The van der Waals surface area contributed by atoms with Crippen molar-refractivity contribution in [2.45, 2.75) is 30.9 Å². The van der Waals surface area contributed by atoms with Crippen LogP contribution in [0.3, 0.4) is 0 Å². The highest BCUT2D eigenvalue weighted by molar-refractivity contribution is 8.00. The number of ketones is 1. The molecule has 0 saturated heterocycles. The molecule has 134 valence electrons. The Bertz CT molecular complexity index is 907. The van der Waals surface area contributed by atoms with E-state index in [9.17, 15) is 14.4 Å². The van der Waals surface area contributed by atoms with Gasteiger partial charge in [-0.3, -0.25) is 9.59 Å². The minimum atomic E-state index is -0.593. The molecule has 0 bridgehead atoms. The minimum Gasteiger partial charge on any atom is -0.454 e. The lowest BCUT2D eigenvalue weighted by Gasteiger charge is -2.21. The van der Waals surface area contributed by atoms with Crippen molar-refractivity contribution >= 4 is 35.1 Å². The van der Waals surface area contributed by atoms with Gasteiger partial charge in [0.25, 0.3) is 0 Å². The number of Topliss-reactive ketones (excluding diaryl/α,β-unsaturated/α-hetero) is 1. The quantitative estimate of drug-likeness (QED) is 0.656. The van der Waals surface area contributed by atoms with Crippen molar-refractivity contribution < 1.29 is 19.1 Å². The number of hydrogen-bond donors (Lipinski definition) is 1. The fraction of sp³-hybridized carbons (Fsp3) is 0.250. The molecule has 6 heteroatoms. The Balaban J connectivity index is 1.69. The fourth-order valence-electron chi connectivity index (χ4n) is 2.66. The van der Waals surface area contributed by atoms with Gasteiger partial charge in [-0.15, -0.1) is 11.8 Å². The standard InChI is InChI=1S/C20H19NO4S/c1-11-4-5-12(2)15(8-11)17(22)10-25-20(24)14-6-7-18-16(9-14)21-19(23)13(3)26-18/h4-9,13H,10H2,1-3H3,(H,21,23). The van der Waals surface area contributed by atoms with E-state index in [4.69, 9.17) is 4.74 Å². The zero-order valence-electron chi connectivity index (χ0n) is 14.8. The van der Waals surface area contributed by atoms with Crippen molar-refractivity contribution in [1.29, 1.82) is 0 Å². The summed E-state index contributed by atoms with van der Waals surface area (Å²) in [4.78, 5) is 37.3. The molecular formula is C20H19NO4S. The van der Waals surface area contributed by atoms with Gasteiger partial charge >= 0.3 is 5.97 Å². The van der Waals surface area contributed by atoms with Gasteiger partial charge in [-0.25, -0.2) is 4.79 Å². The first kappa shape index (κ1) is 18.2. The average Bonchev–Trinajstić information content (AvgIpc) is 2.62. The second-order valence-corrected chi connectivity index (χ2v) is 7.66. The third-order valence-electron chi connectivity index (χ3n) is 4.17. The van der Waals surface area contributed by atoms with Gasteiger partial charge in [0, 0.05) is 10.5 Å². The van der Waals surface area contributed by atoms with E-state index >= 15 is 0 Å². The van der Waals surface area contributed by atoms with Crippen molar-refractivity contribution in [1.82, 2.24) is 0 Å². The van der Waals surface area contributed by atoms with Crippen LogP contribution in [0.15, 0.2) is 41.3 Å². The molecule has 0 spiro atoms. The summed E-state index contributed by atoms with van der Waals surface area (Å²) in [5, 5.41) is 2.60. The van der Waals surface area contributed by atoms with Gasteiger partial charge in [0.1, 0.15) is 0 Å². The Morgan fingerprint density at radius 2 is 1.92 bits per heavy atom. The molecule has 0 saturated carbocycles. The maximum Gasteiger partial charge on any atom is 0.338 e. The third kappa shape index (κ3) is 3.80. The van der Waals surface area contributed by atoms with Crippen LogP contribution in [0.1, 0.15) is 38.8 Å². The van der Waals surface area contributed by atoms with E-state index in [0.29, 0.717) is 16.8 Å². The zero-order valence-corrected chi connectivity index (χ0v) is 15.6. The molecule has 26 heavy (non-hydrogen) atoms. The van der Waals surface area contributed by atoms with E-state index in [1.54, 1.807) is 24.3 Å². The van der Waals surface area contributed by atoms with Gasteiger partial charge in [-0.05, 0) is 50.6 Å². The SMILES string of the molecule is Cc1ccc(C)c(C(=O)COC(=O)c2ccc3c(c2)NC(=O)C(C)S3)c1. The number of carbonyl (C=O) groups excluding carboxylic acids is 3. The molecule has 2 aromatic rings. The van der Waals surface area contributed by atoms with Gasteiger partial charge in [-0.1, -0.05) is 17.7 Å². The summed E-state index contributed by atoms with van der Waals surface area (Å²) in [7, 11) is 0. The van der Waals surface area contributed by atoms with Crippen molar-refractivity contribution in [3.63, 3.8) is 0 Å². The molecule has 3 rings (SSSR count). The smallest absolute Gasteiger partial charge is 0.338 e. The Labute approximate surface area is 156 Å². The zero-order chi connectivity index (χ0) is 18.8. The lowest BCUT2D eigenvalue weighted by atomic mass is 10.0. The number of thioether (sulfide) groups is 1. The Morgan fingerprint density at radius 3 is 2.69 bits per heavy atom. The molecule has 1 N–H and O–H groups in total. The van der Waals surface area contributed by atoms with Crippen LogP contribution in [0.4, 0.5) is 5.69 Å². The van der Waals surface area contributed by atoms with Gasteiger partial charge in [0.2, 0.25) is 11.7 Å². The summed E-state index contributed by atoms with van der Waals surface area (Å²) >= 11 is 1.44. The van der Waals surface area contributed by atoms with Gasteiger partial charge in [-0.2, -0.15) is 0 Å². The van der Waals surface area contributed by atoms with Crippen LogP contribution in [0.25, 0.3) is 0 Å². The molecule has 2 aromatic carbocycles. The minimum absolute atomic E-state index is 0.0990. The largest absolute Gasteiger partial charge is 0.454 e. The lowest BCUT2D eigenvalue weighted by Crippen LogP contribution is -2.26. The maximum atomic E-state index is 12.3. The molecule has 5 nitrogen and oxygen atoms in total. The summed E-state index contributed by atoms with van der Waals surface area (Å²) in [5.74, 6) is -0.933. The molecule has 0 radical (unpaired) electrons.